The van der Waals surface area contributed by atoms with Crippen molar-refractivity contribution in [3.63, 3.8) is 0 Å². The van der Waals surface area contributed by atoms with Gasteiger partial charge < -0.3 is 9.32 Å². The molecular weight excluding hydrogens is 266 g/mol. The number of hydrogen-bond acceptors (Lipinski definition) is 3. The Morgan fingerprint density at radius 2 is 2.38 bits per heavy atom. The van der Waals surface area contributed by atoms with Crippen molar-refractivity contribution in [2.75, 3.05) is 6.54 Å². The van der Waals surface area contributed by atoms with Crippen LogP contribution in [0.1, 0.15) is 50.3 Å². The summed E-state index contributed by atoms with van der Waals surface area (Å²) < 4.78 is 7.56. The first kappa shape index (κ1) is 13.9. The lowest BCUT2D eigenvalue weighted by Gasteiger charge is -2.26. The molecule has 1 saturated heterocycles. The second-order valence-electron chi connectivity index (χ2n) is 5.51. The van der Waals surface area contributed by atoms with Crippen LogP contribution in [0, 0.1) is 0 Å². The van der Waals surface area contributed by atoms with Crippen molar-refractivity contribution in [1.82, 2.24) is 14.7 Å². The Kier molecular flexibility index (Phi) is 3.82. The average Bonchev–Trinajstić information content (AvgIpc) is 3.24. The summed E-state index contributed by atoms with van der Waals surface area (Å²) in [5.41, 5.74) is 0. The van der Waals surface area contributed by atoms with Crippen LogP contribution in [0.5, 0.6) is 0 Å². The number of amides is 1. The normalized spacial score (nSPS) is 19.9. The number of aryl methyl sites for hydroxylation is 1. The first-order valence-corrected chi connectivity index (χ1v) is 7.59. The van der Waals surface area contributed by atoms with Gasteiger partial charge in [-0.1, -0.05) is 6.92 Å². The molecule has 2 unspecified atom stereocenters. The first-order chi connectivity index (χ1) is 10.2. The Labute approximate surface area is 124 Å². The first-order valence-electron chi connectivity index (χ1n) is 7.59. The number of carbonyl (C=O) groups is 1. The largest absolute Gasteiger partial charge is 0.464 e. The molecule has 2 atom stereocenters. The van der Waals surface area contributed by atoms with Gasteiger partial charge in [0, 0.05) is 25.4 Å². The van der Waals surface area contributed by atoms with Gasteiger partial charge in [-0.2, -0.15) is 5.10 Å². The summed E-state index contributed by atoms with van der Waals surface area (Å²) in [5, 5.41) is 4.17. The number of hydrogen-bond donors (Lipinski definition) is 0. The molecule has 1 amide bonds. The quantitative estimate of drug-likeness (QED) is 0.868. The van der Waals surface area contributed by atoms with Gasteiger partial charge in [-0.25, -0.2) is 0 Å². The van der Waals surface area contributed by atoms with E-state index in [1.165, 1.54) is 0 Å². The minimum atomic E-state index is -0.277. The van der Waals surface area contributed by atoms with Gasteiger partial charge in [0.05, 0.1) is 6.04 Å². The van der Waals surface area contributed by atoms with Crippen molar-refractivity contribution in [3.8, 4) is 0 Å². The molecule has 2 aromatic rings. The standard InChI is InChI=1S/C16H21N3O2/c1-3-13-7-8-15(21-13)14-6-4-10-18(14)16(20)12(2)19-11-5-9-17-19/h5,7-9,11-12,14H,3-4,6,10H2,1-2H3. The third-order valence-electron chi connectivity index (χ3n) is 4.17. The maximum Gasteiger partial charge on any atom is 0.247 e. The van der Waals surface area contributed by atoms with Gasteiger partial charge in [0.25, 0.3) is 0 Å². The zero-order valence-corrected chi connectivity index (χ0v) is 12.5. The third-order valence-corrected chi connectivity index (χ3v) is 4.17. The molecule has 0 N–H and O–H groups in total. The van der Waals surface area contributed by atoms with Crippen LogP contribution in [0.4, 0.5) is 0 Å². The Bertz CT molecular complexity index is 603. The maximum absolute atomic E-state index is 12.7. The zero-order valence-electron chi connectivity index (χ0n) is 12.5. The Balaban J connectivity index is 1.78. The fourth-order valence-electron chi connectivity index (χ4n) is 2.95. The summed E-state index contributed by atoms with van der Waals surface area (Å²) in [4.78, 5) is 14.7. The molecule has 3 rings (SSSR count). The lowest BCUT2D eigenvalue weighted by molar-refractivity contribution is -0.135. The molecule has 1 aliphatic rings. The molecule has 5 heteroatoms. The fraction of sp³-hybridized carbons (Fsp3) is 0.500. The SMILES string of the molecule is CCc1ccc(C2CCCN2C(=O)C(C)n2cccn2)o1. The number of rotatable bonds is 4. The van der Waals surface area contributed by atoms with E-state index >= 15 is 0 Å². The van der Waals surface area contributed by atoms with E-state index in [2.05, 4.69) is 12.0 Å². The summed E-state index contributed by atoms with van der Waals surface area (Å²) in [7, 11) is 0. The number of carbonyl (C=O) groups excluding carboxylic acids is 1. The molecule has 3 heterocycles. The third kappa shape index (κ3) is 2.60. The van der Waals surface area contributed by atoms with Crippen molar-refractivity contribution < 1.29 is 9.21 Å². The van der Waals surface area contributed by atoms with E-state index in [9.17, 15) is 4.79 Å². The van der Waals surface area contributed by atoms with Crippen LogP contribution in [0.15, 0.2) is 35.0 Å². The second-order valence-corrected chi connectivity index (χ2v) is 5.51. The maximum atomic E-state index is 12.7. The molecular formula is C16H21N3O2. The molecule has 0 saturated carbocycles. The molecule has 2 aromatic heterocycles. The van der Waals surface area contributed by atoms with Gasteiger partial charge in [-0.05, 0) is 38.0 Å². The van der Waals surface area contributed by atoms with Crippen LogP contribution in [-0.2, 0) is 11.2 Å². The highest BCUT2D eigenvalue weighted by Gasteiger charge is 2.34. The van der Waals surface area contributed by atoms with Crippen molar-refractivity contribution in [2.45, 2.75) is 45.2 Å². The summed E-state index contributed by atoms with van der Waals surface area (Å²) in [6.07, 6.45) is 6.39. The van der Waals surface area contributed by atoms with Gasteiger partial charge in [-0.3, -0.25) is 9.48 Å². The molecule has 0 spiro atoms. The summed E-state index contributed by atoms with van der Waals surface area (Å²) in [5.74, 6) is 1.99. The topological polar surface area (TPSA) is 51.3 Å². The van der Waals surface area contributed by atoms with Crippen LogP contribution in [0.2, 0.25) is 0 Å². The van der Waals surface area contributed by atoms with Gasteiger partial charge in [-0.15, -0.1) is 0 Å². The molecule has 21 heavy (non-hydrogen) atoms. The molecule has 112 valence electrons. The number of likely N-dealkylation sites (tertiary alicyclic amines) is 1. The number of furan rings is 1. The Morgan fingerprint density at radius 3 is 3.05 bits per heavy atom. The highest BCUT2D eigenvalue weighted by Crippen LogP contribution is 2.34. The molecule has 0 aromatic carbocycles. The van der Waals surface area contributed by atoms with Crippen LogP contribution in [0.3, 0.4) is 0 Å². The van der Waals surface area contributed by atoms with E-state index in [1.54, 1.807) is 10.9 Å². The van der Waals surface area contributed by atoms with E-state index in [4.69, 9.17) is 4.42 Å². The molecule has 0 bridgehead atoms. The smallest absolute Gasteiger partial charge is 0.247 e. The van der Waals surface area contributed by atoms with Crippen LogP contribution < -0.4 is 0 Å². The van der Waals surface area contributed by atoms with E-state index in [1.807, 2.05) is 36.2 Å². The van der Waals surface area contributed by atoms with Crippen LogP contribution >= 0.6 is 0 Å². The highest BCUT2D eigenvalue weighted by atomic mass is 16.3. The van der Waals surface area contributed by atoms with E-state index in [-0.39, 0.29) is 18.0 Å². The molecule has 1 fully saturated rings. The predicted molar refractivity (Wildman–Crippen MR) is 78.7 cm³/mol. The molecule has 5 nitrogen and oxygen atoms in total. The van der Waals surface area contributed by atoms with Gasteiger partial charge >= 0.3 is 0 Å². The minimum absolute atomic E-state index is 0.0656. The molecule has 1 aliphatic heterocycles. The fourth-order valence-corrected chi connectivity index (χ4v) is 2.95. The Hall–Kier alpha value is -2.04. The number of nitrogens with zero attached hydrogens (tertiary/aromatic N) is 3. The van der Waals surface area contributed by atoms with Gasteiger partial charge in [0.2, 0.25) is 5.91 Å². The summed E-state index contributed by atoms with van der Waals surface area (Å²) in [6, 6.07) is 5.64. The number of aromatic nitrogens is 2. The highest BCUT2D eigenvalue weighted by molar-refractivity contribution is 5.80. The van der Waals surface area contributed by atoms with Crippen molar-refractivity contribution in [1.29, 1.82) is 0 Å². The van der Waals surface area contributed by atoms with Crippen molar-refractivity contribution in [2.24, 2.45) is 0 Å². The second kappa shape index (κ2) is 5.76. The zero-order chi connectivity index (χ0) is 14.8. The van der Waals surface area contributed by atoms with Crippen molar-refractivity contribution >= 4 is 5.91 Å². The van der Waals surface area contributed by atoms with Crippen molar-refractivity contribution in [3.05, 3.63) is 42.1 Å². The Morgan fingerprint density at radius 1 is 1.52 bits per heavy atom. The summed E-state index contributed by atoms with van der Waals surface area (Å²) in [6.45, 7) is 4.75. The lowest BCUT2D eigenvalue weighted by Crippen LogP contribution is -2.35. The molecule has 0 radical (unpaired) electrons. The average molecular weight is 287 g/mol. The van der Waals surface area contributed by atoms with Gasteiger partial charge in [0.1, 0.15) is 17.6 Å². The van der Waals surface area contributed by atoms with Gasteiger partial charge in [0.15, 0.2) is 0 Å². The van der Waals surface area contributed by atoms with Crippen LogP contribution in [0.25, 0.3) is 0 Å². The summed E-state index contributed by atoms with van der Waals surface area (Å²) >= 11 is 0. The predicted octanol–water partition coefficient (Wildman–Crippen LogP) is 2.96. The van der Waals surface area contributed by atoms with E-state index < -0.39 is 0 Å². The lowest BCUT2D eigenvalue weighted by atomic mass is 10.1. The van der Waals surface area contributed by atoms with Crippen LogP contribution in [-0.4, -0.2) is 27.1 Å². The monoisotopic (exact) mass is 287 g/mol. The molecule has 0 aliphatic carbocycles. The van der Waals surface area contributed by atoms with E-state index in [0.29, 0.717) is 0 Å². The minimum Gasteiger partial charge on any atom is -0.464 e. The van der Waals surface area contributed by atoms with E-state index in [0.717, 1.165) is 37.3 Å².